The van der Waals surface area contributed by atoms with Crippen LogP contribution in [0.25, 0.3) is 0 Å². The van der Waals surface area contributed by atoms with Crippen molar-refractivity contribution in [1.29, 1.82) is 0 Å². The zero-order valence-corrected chi connectivity index (χ0v) is 12.8. The number of nitrogens with one attached hydrogen (secondary N) is 1. The van der Waals surface area contributed by atoms with Crippen LogP contribution in [-0.4, -0.2) is 17.6 Å². The van der Waals surface area contributed by atoms with Gasteiger partial charge in [-0.2, -0.15) is 0 Å². The minimum Gasteiger partial charge on any atom is -0.366 e. The first-order valence-corrected chi connectivity index (χ1v) is 7.26. The van der Waals surface area contributed by atoms with Gasteiger partial charge >= 0.3 is 0 Å². The SMILES string of the molecule is Cc1ccccc1C(=O)CCC(=O)Nc1ccc(C(N)=O)cc1. The number of rotatable bonds is 6. The van der Waals surface area contributed by atoms with Crippen molar-refractivity contribution < 1.29 is 14.4 Å². The van der Waals surface area contributed by atoms with Crippen molar-refractivity contribution in [3.63, 3.8) is 0 Å². The van der Waals surface area contributed by atoms with Gasteiger partial charge in [-0.3, -0.25) is 14.4 Å². The molecule has 0 saturated carbocycles. The summed E-state index contributed by atoms with van der Waals surface area (Å²) in [4.78, 5) is 35.0. The van der Waals surface area contributed by atoms with Gasteiger partial charge in [0.1, 0.15) is 0 Å². The first-order valence-electron chi connectivity index (χ1n) is 7.26. The van der Waals surface area contributed by atoms with Crippen molar-refractivity contribution in [2.24, 2.45) is 5.73 Å². The molecule has 5 nitrogen and oxygen atoms in total. The minimum absolute atomic E-state index is 0.0534. The molecule has 0 aliphatic carbocycles. The van der Waals surface area contributed by atoms with Gasteiger partial charge in [-0.05, 0) is 36.8 Å². The van der Waals surface area contributed by atoms with Crippen LogP contribution in [0.1, 0.15) is 39.1 Å². The lowest BCUT2D eigenvalue weighted by Crippen LogP contribution is -2.14. The molecule has 0 heterocycles. The molecule has 0 radical (unpaired) electrons. The highest BCUT2D eigenvalue weighted by Crippen LogP contribution is 2.13. The fourth-order valence-electron chi connectivity index (χ4n) is 2.19. The van der Waals surface area contributed by atoms with E-state index in [4.69, 9.17) is 5.73 Å². The Bertz CT molecular complexity index is 736. The van der Waals surface area contributed by atoms with Gasteiger partial charge in [0.25, 0.3) is 0 Å². The lowest BCUT2D eigenvalue weighted by molar-refractivity contribution is -0.116. The van der Waals surface area contributed by atoms with Crippen molar-refractivity contribution in [3.05, 3.63) is 65.2 Å². The summed E-state index contributed by atoms with van der Waals surface area (Å²) in [5, 5.41) is 2.69. The minimum atomic E-state index is -0.522. The summed E-state index contributed by atoms with van der Waals surface area (Å²) < 4.78 is 0. The number of nitrogens with two attached hydrogens (primary N) is 1. The average molecular weight is 310 g/mol. The molecule has 0 atom stereocenters. The lowest BCUT2D eigenvalue weighted by Gasteiger charge is -2.07. The summed E-state index contributed by atoms with van der Waals surface area (Å²) in [5.74, 6) is -0.826. The highest BCUT2D eigenvalue weighted by atomic mass is 16.2. The Morgan fingerprint density at radius 3 is 2.22 bits per heavy atom. The van der Waals surface area contributed by atoms with Gasteiger partial charge < -0.3 is 11.1 Å². The molecule has 0 aliphatic heterocycles. The van der Waals surface area contributed by atoms with E-state index in [0.717, 1.165) is 5.56 Å². The van der Waals surface area contributed by atoms with E-state index in [9.17, 15) is 14.4 Å². The lowest BCUT2D eigenvalue weighted by atomic mass is 10.0. The van der Waals surface area contributed by atoms with E-state index in [-0.39, 0.29) is 24.5 Å². The summed E-state index contributed by atoms with van der Waals surface area (Å²) in [6, 6.07) is 13.6. The zero-order valence-electron chi connectivity index (χ0n) is 12.8. The Morgan fingerprint density at radius 2 is 1.61 bits per heavy atom. The van der Waals surface area contributed by atoms with Gasteiger partial charge in [-0.1, -0.05) is 24.3 Å². The number of anilines is 1. The third-order valence-corrected chi connectivity index (χ3v) is 3.48. The van der Waals surface area contributed by atoms with Crippen molar-refractivity contribution in [2.45, 2.75) is 19.8 Å². The number of carbonyl (C=O) groups is 3. The molecule has 23 heavy (non-hydrogen) atoms. The van der Waals surface area contributed by atoms with E-state index < -0.39 is 5.91 Å². The molecular formula is C18H18N2O3. The van der Waals surface area contributed by atoms with E-state index in [1.165, 1.54) is 12.1 Å². The van der Waals surface area contributed by atoms with Gasteiger partial charge in [0.15, 0.2) is 5.78 Å². The van der Waals surface area contributed by atoms with Crippen molar-refractivity contribution in [3.8, 4) is 0 Å². The second-order valence-corrected chi connectivity index (χ2v) is 5.23. The second kappa shape index (κ2) is 7.35. The smallest absolute Gasteiger partial charge is 0.248 e. The maximum atomic E-state index is 12.1. The van der Waals surface area contributed by atoms with E-state index in [1.54, 1.807) is 24.3 Å². The van der Waals surface area contributed by atoms with Crippen LogP contribution in [0.5, 0.6) is 0 Å². The van der Waals surface area contributed by atoms with E-state index in [2.05, 4.69) is 5.32 Å². The highest BCUT2D eigenvalue weighted by Gasteiger charge is 2.11. The normalized spacial score (nSPS) is 10.1. The van der Waals surface area contributed by atoms with Crippen LogP contribution in [0.15, 0.2) is 48.5 Å². The molecule has 0 aromatic heterocycles. The molecule has 118 valence electrons. The molecule has 2 rings (SSSR count). The maximum Gasteiger partial charge on any atom is 0.248 e. The van der Waals surface area contributed by atoms with Crippen LogP contribution in [0.4, 0.5) is 5.69 Å². The van der Waals surface area contributed by atoms with Crippen molar-refractivity contribution >= 4 is 23.3 Å². The van der Waals surface area contributed by atoms with Gasteiger partial charge in [0.05, 0.1) is 0 Å². The van der Waals surface area contributed by atoms with E-state index >= 15 is 0 Å². The van der Waals surface area contributed by atoms with E-state index in [1.807, 2.05) is 19.1 Å². The monoisotopic (exact) mass is 310 g/mol. The number of aryl methyl sites for hydroxylation is 1. The van der Waals surface area contributed by atoms with Gasteiger partial charge in [0, 0.05) is 29.7 Å². The summed E-state index contributed by atoms with van der Waals surface area (Å²) in [6.45, 7) is 1.87. The van der Waals surface area contributed by atoms with Gasteiger partial charge in [0.2, 0.25) is 11.8 Å². The molecule has 0 unspecified atom stereocenters. The number of ketones is 1. The van der Waals surface area contributed by atoms with Crippen LogP contribution in [0.2, 0.25) is 0 Å². The number of hydrogen-bond donors (Lipinski definition) is 2. The number of benzene rings is 2. The van der Waals surface area contributed by atoms with Crippen molar-refractivity contribution in [2.75, 3.05) is 5.32 Å². The quantitative estimate of drug-likeness (QED) is 0.804. The average Bonchev–Trinajstić information content (AvgIpc) is 2.53. The third-order valence-electron chi connectivity index (χ3n) is 3.48. The summed E-state index contributed by atoms with van der Waals surface area (Å²) in [6.07, 6.45) is 0.251. The topological polar surface area (TPSA) is 89.3 Å². The first kappa shape index (κ1) is 16.4. The van der Waals surface area contributed by atoms with Crippen LogP contribution in [0, 0.1) is 6.92 Å². The number of amides is 2. The molecule has 0 aliphatic rings. The molecule has 2 aromatic carbocycles. The Morgan fingerprint density at radius 1 is 0.957 bits per heavy atom. The molecule has 2 aromatic rings. The fourth-order valence-corrected chi connectivity index (χ4v) is 2.19. The standard InChI is InChI=1S/C18H18N2O3/c1-12-4-2-3-5-15(12)16(21)10-11-17(22)20-14-8-6-13(7-9-14)18(19)23/h2-9H,10-11H2,1H3,(H2,19,23)(H,20,22). The van der Waals surface area contributed by atoms with Gasteiger partial charge in [-0.25, -0.2) is 0 Å². The maximum absolute atomic E-state index is 12.1. The molecule has 0 fully saturated rings. The second-order valence-electron chi connectivity index (χ2n) is 5.23. The number of Topliss-reactive ketones (excluding diaryl/α,β-unsaturated/α-hetero) is 1. The first-order chi connectivity index (χ1) is 11.0. The van der Waals surface area contributed by atoms with E-state index in [0.29, 0.717) is 16.8 Å². The Labute approximate surface area is 134 Å². The van der Waals surface area contributed by atoms with Crippen LogP contribution in [-0.2, 0) is 4.79 Å². The molecule has 3 N–H and O–H groups in total. The zero-order chi connectivity index (χ0) is 16.8. The number of carbonyl (C=O) groups excluding carboxylic acids is 3. The van der Waals surface area contributed by atoms with Crippen LogP contribution < -0.4 is 11.1 Å². The largest absolute Gasteiger partial charge is 0.366 e. The fraction of sp³-hybridized carbons (Fsp3) is 0.167. The number of hydrogen-bond acceptors (Lipinski definition) is 3. The molecule has 2 amide bonds. The van der Waals surface area contributed by atoms with Crippen LogP contribution in [0.3, 0.4) is 0 Å². The molecule has 0 spiro atoms. The predicted octanol–water partition coefficient (Wildman–Crippen LogP) is 2.70. The van der Waals surface area contributed by atoms with Gasteiger partial charge in [-0.15, -0.1) is 0 Å². The Kier molecular flexibility index (Phi) is 5.25. The number of primary amides is 1. The summed E-state index contributed by atoms with van der Waals surface area (Å²) in [5.41, 5.74) is 7.63. The molecule has 5 heteroatoms. The molecule has 0 bridgehead atoms. The Hall–Kier alpha value is -2.95. The predicted molar refractivity (Wildman–Crippen MR) is 88.3 cm³/mol. The summed E-state index contributed by atoms with van der Waals surface area (Å²) >= 11 is 0. The summed E-state index contributed by atoms with van der Waals surface area (Å²) in [7, 11) is 0. The Balaban J connectivity index is 1.89. The molecule has 0 saturated heterocycles. The van der Waals surface area contributed by atoms with Crippen LogP contribution >= 0.6 is 0 Å². The molecular weight excluding hydrogens is 292 g/mol. The third kappa shape index (κ3) is 4.51. The van der Waals surface area contributed by atoms with Crippen molar-refractivity contribution in [1.82, 2.24) is 0 Å². The highest BCUT2D eigenvalue weighted by molar-refractivity contribution is 6.01.